The summed E-state index contributed by atoms with van der Waals surface area (Å²) in [4.78, 5) is 22.5. The maximum atomic E-state index is 11.5. The highest BCUT2D eigenvalue weighted by Gasteiger charge is 2.25. The van der Waals surface area contributed by atoms with Gasteiger partial charge in [0, 0.05) is 25.8 Å². The zero-order valence-corrected chi connectivity index (χ0v) is 14.9. The highest BCUT2D eigenvalue weighted by atomic mass is 16.5. The standard InChI is InChI=1S/C18H24N4O3/c1-12-4-5-17(25-12)16(22-6-8-24-9-7-22)11-20-18-19-10-15(14(3)23)13(2)21-18/h4-5,10,16H,6-9,11H2,1-3H3,(H,19,20,21)/t16-/m1/s1. The molecule has 25 heavy (non-hydrogen) atoms. The van der Waals surface area contributed by atoms with Crippen LogP contribution in [0.1, 0.15) is 40.5 Å². The van der Waals surface area contributed by atoms with Crippen LogP contribution in [-0.2, 0) is 4.74 Å². The maximum Gasteiger partial charge on any atom is 0.222 e. The Bertz CT molecular complexity index is 738. The molecule has 0 bridgehead atoms. The predicted molar refractivity (Wildman–Crippen MR) is 93.8 cm³/mol. The number of anilines is 1. The molecule has 2 aromatic rings. The minimum atomic E-state index is -0.0266. The molecule has 0 radical (unpaired) electrons. The van der Waals surface area contributed by atoms with Gasteiger partial charge in [0.15, 0.2) is 5.78 Å². The first-order valence-electron chi connectivity index (χ1n) is 8.51. The number of hydrogen-bond donors (Lipinski definition) is 1. The van der Waals surface area contributed by atoms with E-state index in [-0.39, 0.29) is 11.8 Å². The van der Waals surface area contributed by atoms with E-state index in [9.17, 15) is 4.79 Å². The fraction of sp³-hybridized carbons (Fsp3) is 0.500. The van der Waals surface area contributed by atoms with Gasteiger partial charge in [0.1, 0.15) is 11.5 Å². The Morgan fingerprint density at radius 2 is 2.08 bits per heavy atom. The molecule has 134 valence electrons. The van der Waals surface area contributed by atoms with Crippen LogP contribution in [0.25, 0.3) is 0 Å². The summed E-state index contributed by atoms with van der Waals surface area (Å²) in [5, 5.41) is 3.28. The van der Waals surface area contributed by atoms with Crippen LogP contribution in [0.5, 0.6) is 0 Å². The molecule has 1 aliphatic rings. The molecule has 0 amide bonds. The van der Waals surface area contributed by atoms with Crippen LogP contribution < -0.4 is 5.32 Å². The SMILES string of the molecule is CC(=O)c1cnc(NC[C@H](c2ccc(C)o2)N2CCOCC2)nc1C. The first-order chi connectivity index (χ1) is 12.0. The van der Waals surface area contributed by atoms with Gasteiger partial charge in [-0.2, -0.15) is 0 Å². The Hall–Kier alpha value is -2.25. The van der Waals surface area contributed by atoms with E-state index in [1.165, 1.54) is 6.92 Å². The lowest BCUT2D eigenvalue weighted by atomic mass is 10.1. The fourth-order valence-electron chi connectivity index (χ4n) is 3.02. The van der Waals surface area contributed by atoms with Crippen LogP contribution >= 0.6 is 0 Å². The second kappa shape index (κ2) is 7.76. The number of furan rings is 1. The van der Waals surface area contributed by atoms with Crippen LogP contribution in [0.15, 0.2) is 22.7 Å². The Morgan fingerprint density at radius 1 is 1.32 bits per heavy atom. The topological polar surface area (TPSA) is 80.5 Å². The highest BCUT2D eigenvalue weighted by Crippen LogP contribution is 2.24. The van der Waals surface area contributed by atoms with Crippen molar-refractivity contribution >= 4 is 11.7 Å². The van der Waals surface area contributed by atoms with Crippen LogP contribution in [0.3, 0.4) is 0 Å². The predicted octanol–water partition coefficient (Wildman–Crippen LogP) is 2.37. The number of ketones is 1. The van der Waals surface area contributed by atoms with Gasteiger partial charge >= 0.3 is 0 Å². The van der Waals surface area contributed by atoms with Crippen molar-refractivity contribution in [1.29, 1.82) is 0 Å². The first-order valence-corrected chi connectivity index (χ1v) is 8.51. The second-order valence-electron chi connectivity index (χ2n) is 6.24. The summed E-state index contributed by atoms with van der Waals surface area (Å²) >= 11 is 0. The van der Waals surface area contributed by atoms with Crippen LogP contribution in [0.4, 0.5) is 5.95 Å². The summed E-state index contributed by atoms with van der Waals surface area (Å²) in [6.07, 6.45) is 1.58. The van der Waals surface area contributed by atoms with Gasteiger partial charge in [-0.1, -0.05) is 0 Å². The van der Waals surface area contributed by atoms with Gasteiger partial charge in [-0.3, -0.25) is 9.69 Å². The molecule has 1 N–H and O–H groups in total. The minimum absolute atomic E-state index is 0.0266. The molecule has 0 spiro atoms. The Labute approximate surface area is 147 Å². The highest BCUT2D eigenvalue weighted by molar-refractivity contribution is 5.94. The van der Waals surface area contributed by atoms with E-state index < -0.39 is 0 Å². The molecule has 1 fully saturated rings. The summed E-state index contributed by atoms with van der Waals surface area (Å²) in [6, 6.07) is 4.07. The number of hydrogen-bond acceptors (Lipinski definition) is 7. The normalized spacial score (nSPS) is 16.6. The molecule has 0 unspecified atom stereocenters. The Morgan fingerprint density at radius 3 is 2.68 bits per heavy atom. The third-order valence-corrected chi connectivity index (χ3v) is 4.39. The third-order valence-electron chi connectivity index (χ3n) is 4.39. The largest absolute Gasteiger partial charge is 0.465 e. The molecule has 1 aliphatic heterocycles. The molecule has 3 heterocycles. The molecule has 2 aromatic heterocycles. The molecule has 1 atom stereocenters. The van der Waals surface area contributed by atoms with Gasteiger partial charge < -0.3 is 14.5 Å². The second-order valence-corrected chi connectivity index (χ2v) is 6.24. The number of carbonyl (C=O) groups excluding carboxylic acids is 1. The zero-order chi connectivity index (χ0) is 17.8. The number of morpholine rings is 1. The van der Waals surface area contributed by atoms with Crippen molar-refractivity contribution in [2.45, 2.75) is 26.8 Å². The lowest BCUT2D eigenvalue weighted by molar-refractivity contribution is 0.0143. The van der Waals surface area contributed by atoms with E-state index >= 15 is 0 Å². The fourth-order valence-corrected chi connectivity index (χ4v) is 3.02. The quantitative estimate of drug-likeness (QED) is 0.806. The van der Waals surface area contributed by atoms with Crippen LogP contribution in [-0.4, -0.2) is 53.5 Å². The number of rotatable bonds is 6. The summed E-state index contributed by atoms with van der Waals surface area (Å²) in [6.45, 7) is 9.06. The molecule has 0 aromatic carbocycles. The smallest absolute Gasteiger partial charge is 0.222 e. The average Bonchev–Trinajstić information content (AvgIpc) is 3.02. The Balaban J connectivity index is 1.74. The molecular weight excluding hydrogens is 320 g/mol. The van der Waals surface area contributed by atoms with Gasteiger partial charge in [-0.15, -0.1) is 0 Å². The van der Waals surface area contributed by atoms with Gasteiger partial charge in [0.05, 0.1) is 30.5 Å². The van der Waals surface area contributed by atoms with Crippen molar-refractivity contribution in [3.63, 3.8) is 0 Å². The summed E-state index contributed by atoms with van der Waals surface area (Å²) < 4.78 is 11.3. The van der Waals surface area contributed by atoms with Crippen molar-refractivity contribution in [2.24, 2.45) is 0 Å². The van der Waals surface area contributed by atoms with Gasteiger partial charge in [0.2, 0.25) is 5.95 Å². The number of aryl methyl sites for hydroxylation is 2. The van der Waals surface area contributed by atoms with Crippen molar-refractivity contribution < 1.29 is 13.9 Å². The number of Topliss-reactive ketones (excluding diaryl/α,β-unsaturated/α-hetero) is 1. The summed E-state index contributed by atoms with van der Waals surface area (Å²) in [7, 11) is 0. The average molecular weight is 344 g/mol. The minimum Gasteiger partial charge on any atom is -0.465 e. The number of ether oxygens (including phenoxy) is 1. The van der Waals surface area contributed by atoms with Gasteiger partial charge in [0.25, 0.3) is 0 Å². The molecule has 7 heteroatoms. The maximum absolute atomic E-state index is 11.5. The summed E-state index contributed by atoms with van der Waals surface area (Å²) in [5.74, 6) is 2.31. The van der Waals surface area contributed by atoms with E-state index in [2.05, 4.69) is 20.2 Å². The number of aromatic nitrogens is 2. The van der Waals surface area contributed by atoms with E-state index in [0.29, 0.717) is 23.8 Å². The molecule has 0 aliphatic carbocycles. The molecule has 0 saturated carbocycles. The molecule has 7 nitrogen and oxygen atoms in total. The lowest BCUT2D eigenvalue weighted by Crippen LogP contribution is -2.41. The van der Waals surface area contributed by atoms with E-state index in [1.807, 2.05) is 26.0 Å². The molecule has 1 saturated heterocycles. The van der Waals surface area contributed by atoms with Gasteiger partial charge in [-0.25, -0.2) is 9.97 Å². The monoisotopic (exact) mass is 344 g/mol. The van der Waals surface area contributed by atoms with E-state index in [1.54, 1.807) is 6.20 Å². The van der Waals surface area contributed by atoms with Crippen molar-refractivity contribution in [2.75, 3.05) is 38.2 Å². The van der Waals surface area contributed by atoms with Crippen molar-refractivity contribution in [3.05, 3.63) is 41.1 Å². The number of nitrogens with zero attached hydrogens (tertiary/aromatic N) is 3. The lowest BCUT2D eigenvalue weighted by Gasteiger charge is -2.33. The Kier molecular flexibility index (Phi) is 5.45. The zero-order valence-electron chi connectivity index (χ0n) is 14.9. The molecular formula is C18H24N4O3. The number of nitrogens with one attached hydrogen (secondary N) is 1. The van der Waals surface area contributed by atoms with E-state index in [4.69, 9.17) is 9.15 Å². The van der Waals surface area contributed by atoms with Crippen LogP contribution in [0.2, 0.25) is 0 Å². The van der Waals surface area contributed by atoms with Crippen molar-refractivity contribution in [1.82, 2.24) is 14.9 Å². The van der Waals surface area contributed by atoms with Gasteiger partial charge in [-0.05, 0) is 32.9 Å². The number of carbonyl (C=O) groups is 1. The van der Waals surface area contributed by atoms with Crippen molar-refractivity contribution in [3.8, 4) is 0 Å². The summed E-state index contributed by atoms with van der Waals surface area (Å²) in [5.41, 5.74) is 1.23. The van der Waals surface area contributed by atoms with Crippen LogP contribution in [0, 0.1) is 13.8 Å². The molecule has 3 rings (SSSR count). The third kappa shape index (κ3) is 4.24. The first kappa shape index (κ1) is 17.6. The van der Waals surface area contributed by atoms with E-state index in [0.717, 1.165) is 37.8 Å².